The highest BCUT2D eigenvalue weighted by Gasteiger charge is 2.18. The third-order valence-electron chi connectivity index (χ3n) is 4.40. The summed E-state index contributed by atoms with van der Waals surface area (Å²) in [5.74, 6) is 0.713. The minimum atomic E-state index is -0.344. The summed E-state index contributed by atoms with van der Waals surface area (Å²) < 4.78 is 5.43. The van der Waals surface area contributed by atoms with Gasteiger partial charge in [-0.05, 0) is 33.1 Å². The maximum absolute atomic E-state index is 11.9. The van der Waals surface area contributed by atoms with E-state index in [1.807, 2.05) is 20.8 Å². The molecule has 1 aliphatic carbocycles. The van der Waals surface area contributed by atoms with Crippen LogP contribution in [-0.4, -0.2) is 11.6 Å². The smallest absolute Gasteiger partial charge is 0.306 e. The average molecular weight is 296 g/mol. The zero-order valence-corrected chi connectivity index (χ0v) is 14.6. The van der Waals surface area contributed by atoms with Gasteiger partial charge in [0.25, 0.3) is 0 Å². The third-order valence-corrected chi connectivity index (χ3v) is 4.40. The van der Waals surface area contributed by atoms with Gasteiger partial charge in [-0.3, -0.25) is 4.79 Å². The highest BCUT2D eigenvalue weighted by molar-refractivity contribution is 5.69. The lowest BCUT2D eigenvalue weighted by molar-refractivity contribution is -0.155. The molecule has 1 rings (SSSR count). The van der Waals surface area contributed by atoms with Gasteiger partial charge in [0.15, 0.2) is 0 Å². The van der Waals surface area contributed by atoms with Crippen LogP contribution in [0.4, 0.5) is 0 Å². The average Bonchev–Trinajstić information content (AvgIpc) is 2.36. The molecular formula is C19H36O2. The summed E-state index contributed by atoms with van der Waals surface area (Å²) in [7, 11) is 0. The predicted molar refractivity (Wildman–Crippen MR) is 89.4 cm³/mol. The van der Waals surface area contributed by atoms with Gasteiger partial charge >= 0.3 is 5.97 Å². The lowest BCUT2D eigenvalue weighted by Crippen LogP contribution is -2.24. The largest absolute Gasteiger partial charge is 0.460 e. The van der Waals surface area contributed by atoms with E-state index in [9.17, 15) is 4.79 Å². The van der Waals surface area contributed by atoms with Gasteiger partial charge in [0.05, 0.1) is 0 Å². The molecule has 21 heavy (non-hydrogen) atoms. The Bertz CT molecular complexity index is 266. The van der Waals surface area contributed by atoms with Crippen LogP contribution >= 0.6 is 0 Å². The summed E-state index contributed by atoms with van der Waals surface area (Å²) in [6.07, 6.45) is 16.8. The maximum atomic E-state index is 11.9. The number of rotatable bonds is 3. The van der Waals surface area contributed by atoms with Crippen LogP contribution in [0.15, 0.2) is 0 Å². The molecule has 0 atom stereocenters. The maximum Gasteiger partial charge on any atom is 0.306 e. The van der Waals surface area contributed by atoms with Crippen molar-refractivity contribution in [2.24, 2.45) is 5.92 Å². The van der Waals surface area contributed by atoms with E-state index in [1.165, 1.54) is 70.6 Å². The standard InChI is InChI=1S/C19H36O2/c1-19(2,3)21-18(20)16-15-17-13-11-9-7-5-4-6-8-10-12-14-17/h17H,4-16H2,1-3H3. The van der Waals surface area contributed by atoms with Crippen LogP contribution in [0.25, 0.3) is 0 Å². The van der Waals surface area contributed by atoms with Gasteiger partial charge in [-0.15, -0.1) is 0 Å². The van der Waals surface area contributed by atoms with Gasteiger partial charge in [0.2, 0.25) is 0 Å². The second-order valence-corrected chi connectivity index (χ2v) is 7.75. The number of hydrogen-bond donors (Lipinski definition) is 0. The molecule has 1 fully saturated rings. The van der Waals surface area contributed by atoms with Crippen molar-refractivity contribution in [3.8, 4) is 0 Å². The molecular weight excluding hydrogens is 260 g/mol. The van der Waals surface area contributed by atoms with Gasteiger partial charge in [-0.25, -0.2) is 0 Å². The molecule has 2 nitrogen and oxygen atoms in total. The van der Waals surface area contributed by atoms with Crippen molar-refractivity contribution in [3.05, 3.63) is 0 Å². The van der Waals surface area contributed by atoms with Gasteiger partial charge in [-0.2, -0.15) is 0 Å². The first kappa shape index (κ1) is 18.5. The van der Waals surface area contributed by atoms with Crippen LogP contribution in [0.2, 0.25) is 0 Å². The molecule has 124 valence electrons. The van der Waals surface area contributed by atoms with Crippen LogP contribution in [0.5, 0.6) is 0 Å². The lowest BCUT2D eigenvalue weighted by Gasteiger charge is -2.21. The van der Waals surface area contributed by atoms with E-state index in [1.54, 1.807) is 0 Å². The third kappa shape index (κ3) is 10.8. The first-order chi connectivity index (χ1) is 9.97. The number of hydrogen-bond acceptors (Lipinski definition) is 2. The van der Waals surface area contributed by atoms with E-state index in [2.05, 4.69) is 0 Å². The van der Waals surface area contributed by atoms with Crippen LogP contribution in [0.3, 0.4) is 0 Å². The summed E-state index contributed by atoms with van der Waals surface area (Å²) in [5.41, 5.74) is -0.344. The van der Waals surface area contributed by atoms with E-state index in [0.29, 0.717) is 6.42 Å². The summed E-state index contributed by atoms with van der Waals surface area (Å²) >= 11 is 0. The fourth-order valence-corrected chi connectivity index (χ4v) is 3.25. The highest BCUT2D eigenvalue weighted by atomic mass is 16.6. The first-order valence-corrected chi connectivity index (χ1v) is 9.19. The van der Waals surface area contributed by atoms with E-state index in [4.69, 9.17) is 4.74 Å². The molecule has 0 aromatic carbocycles. The van der Waals surface area contributed by atoms with E-state index in [-0.39, 0.29) is 11.6 Å². The normalized spacial score (nSPS) is 20.3. The van der Waals surface area contributed by atoms with Gasteiger partial charge < -0.3 is 4.74 Å². The molecule has 0 amide bonds. The minimum Gasteiger partial charge on any atom is -0.460 e. The lowest BCUT2D eigenvalue weighted by atomic mass is 9.89. The van der Waals surface area contributed by atoms with Gasteiger partial charge in [0, 0.05) is 6.42 Å². The molecule has 1 aliphatic rings. The molecule has 0 N–H and O–H groups in total. The SMILES string of the molecule is CC(C)(C)OC(=O)CCC1CCCCCCCCCCC1. The Morgan fingerprint density at radius 1 is 0.857 bits per heavy atom. The highest BCUT2D eigenvalue weighted by Crippen LogP contribution is 2.25. The van der Waals surface area contributed by atoms with Crippen molar-refractivity contribution in [2.75, 3.05) is 0 Å². The van der Waals surface area contributed by atoms with Crippen molar-refractivity contribution in [3.63, 3.8) is 0 Å². The molecule has 0 unspecified atom stereocenters. The van der Waals surface area contributed by atoms with Crippen molar-refractivity contribution in [1.29, 1.82) is 0 Å². The zero-order chi connectivity index (χ0) is 15.6. The Morgan fingerprint density at radius 2 is 1.29 bits per heavy atom. The van der Waals surface area contributed by atoms with E-state index >= 15 is 0 Å². The molecule has 0 aromatic rings. The van der Waals surface area contributed by atoms with E-state index in [0.717, 1.165) is 12.3 Å². The Balaban J connectivity index is 2.29. The summed E-state index contributed by atoms with van der Waals surface area (Å²) in [4.78, 5) is 11.9. The fraction of sp³-hybridized carbons (Fsp3) is 0.947. The Labute approximate surface area is 132 Å². The fourth-order valence-electron chi connectivity index (χ4n) is 3.25. The van der Waals surface area contributed by atoms with Crippen molar-refractivity contribution >= 4 is 5.97 Å². The molecule has 0 saturated heterocycles. The molecule has 0 aromatic heterocycles. The second kappa shape index (κ2) is 10.2. The van der Waals surface area contributed by atoms with Crippen LogP contribution < -0.4 is 0 Å². The monoisotopic (exact) mass is 296 g/mol. The van der Waals surface area contributed by atoms with Crippen molar-refractivity contribution in [1.82, 2.24) is 0 Å². The number of carbonyl (C=O) groups is 1. The summed E-state index contributed by atoms with van der Waals surface area (Å²) in [5, 5.41) is 0. The minimum absolute atomic E-state index is 0.0198. The zero-order valence-electron chi connectivity index (χ0n) is 14.6. The summed E-state index contributed by atoms with van der Waals surface area (Å²) in [6, 6.07) is 0. The molecule has 0 aliphatic heterocycles. The summed E-state index contributed by atoms with van der Waals surface area (Å²) in [6.45, 7) is 5.84. The first-order valence-electron chi connectivity index (χ1n) is 9.19. The topological polar surface area (TPSA) is 26.3 Å². The Morgan fingerprint density at radius 3 is 1.71 bits per heavy atom. The Kier molecular flexibility index (Phi) is 9.03. The van der Waals surface area contributed by atoms with Crippen LogP contribution in [0, 0.1) is 5.92 Å². The second-order valence-electron chi connectivity index (χ2n) is 7.75. The Hall–Kier alpha value is -0.530. The number of carbonyl (C=O) groups excluding carboxylic acids is 1. The van der Waals surface area contributed by atoms with Crippen LogP contribution in [-0.2, 0) is 9.53 Å². The van der Waals surface area contributed by atoms with Crippen molar-refractivity contribution < 1.29 is 9.53 Å². The molecule has 2 heteroatoms. The van der Waals surface area contributed by atoms with Crippen LogP contribution in [0.1, 0.15) is 104 Å². The number of esters is 1. The van der Waals surface area contributed by atoms with E-state index < -0.39 is 0 Å². The van der Waals surface area contributed by atoms with Gasteiger partial charge in [0.1, 0.15) is 5.60 Å². The molecule has 0 spiro atoms. The molecule has 1 saturated carbocycles. The quantitative estimate of drug-likeness (QED) is 0.594. The number of ether oxygens (including phenoxy) is 1. The van der Waals surface area contributed by atoms with Gasteiger partial charge in [-0.1, -0.05) is 70.6 Å². The molecule has 0 bridgehead atoms. The molecule has 0 heterocycles. The predicted octanol–water partition coefficient (Wildman–Crippen LogP) is 6.03. The molecule has 0 radical (unpaired) electrons. The van der Waals surface area contributed by atoms with Crippen molar-refractivity contribution in [2.45, 2.75) is 110 Å².